The predicted molar refractivity (Wildman–Crippen MR) is 190 cm³/mol. The summed E-state index contributed by atoms with van der Waals surface area (Å²) in [5.41, 5.74) is 1.84. The lowest BCUT2D eigenvalue weighted by atomic mass is 9.92. The van der Waals surface area contributed by atoms with E-state index in [2.05, 4.69) is 111 Å². The van der Waals surface area contributed by atoms with E-state index >= 15 is 0 Å². The first-order valence-electron chi connectivity index (χ1n) is 14.5. The van der Waals surface area contributed by atoms with Crippen LogP contribution in [0.2, 0.25) is 12.6 Å². The van der Waals surface area contributed by atoms with Gasteiger partial charge in [0.1, 0.15) is 0 Å². The number of hydrogen-bond acceptors (Lipinski definition) is 3. The number of esters is 1. The summed E-state index contributed by atoms with van der Waals surface area (Å²) in [5, 5.41) is 13.2. The molecule has 1 atom stereocenters. The summed E-state index contributed by atoms with van der Waals surface area (Å²) in [5.74, 6) is -0.274. The van der Waals surface area contributed by atoms with Gasteiger partial charge in [-0.1, -0.05) is 67.2 Å². The minimum Gasteiger partial charge on any atom is -0.462 e. The highest BCUT2D eigenvalue weighted by Gasteiger charge is 2.31. The van der Waals surface area contributed by atoms with Crippen molar-refractivity contribution in [2.75, 3.05) is 6.61 Å². The van der Waals surface area contributed by atoms with E-state index < -0.39 is 7.83 Å². The molecule has 6 aromatic rings. The standard InChI is InChI=1S/C27H18.C8H14O3Si5/c1-17-24-9-5-4-8-20(24)13-23-16-27-22(15-25(17)23)11-10-21-12-18-6-2-3-7-19(18)14-26(21)27;1-7(2)8(9)10-5-4-6-16(3)11-12-13-14-15-16/h2-16H,1H3;1,4-6H2,2-3H3. The van der Waals surface area contributed by atoms with E-state index in [-0.39, 0.29) is 5.97 Å². The van der Waals surface area contributed by atoms with Crippen LogP contribution in [0.1, 0.15) is 18.9 Å². The number of benzene rings is 6. The number of hydrogen-bond donors (Lipinski definition) is 0. The van der Waals surface area contributed by atoms with Gasteiger partial charge in [-0.05, 0) is 123 Å². The first-order chi connectivity index (χ1) is 20.8. The minimum absolute atomic E-state index is 0.274. The van der Waals surface area contributed by atoms with Gasteiger partial charge < -0.3 is 8.85 Å². The highest BCUT2D eigenvalue weighted by Crippen LogP contribution is 2.35. The molecule has 0 amide bonds. The number of carbonyl (C=O) groups is 1. The molecule has 0 aliphatic carbocycles. The lowest BCUT2D eigenvalue weighted by molar-refractivity contribution is -0.138. The Bertz CT molecular complexity index is 2000. The van der Waals surface area contributed by atoms with E-state index in [0.29, 0.717) is 12.2 Å². The largest absolute Gasteiger partial charge is 0.462 e. The van der Waals surface area contributed by atoms with E-state index in [0.717, 1.165) is 47.4 Å². The fourth-order valence-corrected chi connectivity index (χ4v) is 37.6. The molecule has 43 heavy (non-hydrogen) atoms. The zero-order valence-electron chi connectivity index (χ0n) is 24.7. The van der Waals surface area contributed by atoms with Crippen molar-refractivity contribution in [3.05, 3.63) is 109 Å². The fourth-order valence-electron chi connectivity index (χ4n) is 5.70. The molecule has 0 spiro atoms. The molecule has 0 saturated carbocycles. The number of carbonyl (C=O) groups excluding carboxylic acids is 1. The van der Waals surface area contributed by atoms with Gasteiger partial charge in [0.15, 0.2) is 17.1 Å². The molecule has 1 saturated heterocycles. The Morgan fingerprint density at radius 2 is 1.35 bits per heavy atom. The summed E-state index contributed by atoms with van der Waals surface area (Å²) < 4.78 is 11.0. The highest BCUT2D eigenvalue weighted by molar-refractivity contribution is 7.61. The zero-order chi connectivity index (χ0) is 30.0. The molecule has 1 heterocycles. The Kier molecular flexibility index (Phi) is 8.94. The monoisotopic (exact) mass is 640 g/mol. The van der Waals surface area contributed by atoms with Gasteiger partial charge in [0.05, 0.1) is 6.61 Å². The summed E-state index contributed by atoms with van der Waals surface area (Å²) >= 11 is 0. The second kappa shape index (κ2) is 12.9. The van der Waals surface area contributed by atoms with Crippen molar-refractivity contribution >= 4 is 103 Å². The Hall–Kier alpha value is -3.13. The number of rotatable bonds is 5. The van der Waals surface area contributed by atoms with Crippen LogP contribution < -0.4 is 0 Å². The number of aryl methyl sites for hydroxylation is 1. The topological polar surface area (TPSA) is 35.5 Å². The van der Waals surface area contributed by atoms with Gasteiger partial charge >= 0.3 is 5.97 Å². The Morgan fingerprint density at radius 3 is 2.05 bits per heavy atom. The molecule has 1 aliphatic rings. The van der Waals surface area contributed by atoms with Gasteiger partial charge in [-0.15, -0.1) is 0 Å². The van der Waals surface area contributed by atoms with Gasteiger partial charge in [-0.3, -0.25) is 0 Å². The summed E-state index contributed by atoms with van der Waals surface area (Å²) in [4.78, 5) is 11.1. The molecule has 3 nitrogen and oxygen atoms in total. The first kappa shape index (κ1) is 29.9. The predicted octanol–water partition coefficient (Wildman–Crippen LogP) is 7.84. The SMILES string of the molecule is C=C(C)C(=O)OCCC[Si]1(C)O[Si][Si][Si][Si]1.Cc1c2ccccc2cc2cc3c(ccc4cc5ccccc5cc43)cc12. The normalized spacial score (nSPS) is 16.8. The van der Waals surface area contributed by atoms with Gasteiger partial charge in [0, 0.05) is 31.2 Å². The molecule has 6 aromatic carbocycles. The Balaban J connectivity index is 0.000000178. The van der Waals surface area contributed by atoms with E-state index in [1.54, 1.807) is 6.92 Å². The second-order valence-corrected chi connectivity index (χ2v) is 28.9. The smallest absolute Gasteiger partial charge is 0.333 e. The number of ether oxygens (including phenoxy) is 1. The van der Waals surface area contributed by atoms with Crippen LogP contribution in [0.25, 0.3) is 53.9 Å². The fraction of sp³-hybridized carbons (Fsp3) is 0.171. The molecule has 0 N–H and O–H groups in total. The summed E-state index contributed by atoms with van der Waals surface area (Å²) in [6.07, 6.45) is 0.937. The van der Waals surface area contributed by atoms with Gasteiger partial charge in [0.25, 0.3) is 0 Å². The average molecular weight is 641 g/mol. The highest BCUT2D eigenvalue weighted by atomic mass is 29.9. The molecule has 8 radical (unpaired) electrons. The summed E-state index contributed by atoms with van der Waals surface area (Å²) in [6, 6.07) is 34.7. The summed E-state index contributed by atoms with van der Waals surface area (Å²) in [6.45, 7) is 10.3. The van der Waals surface area contributed by atoms with Crippen LogP contribution in [0, 0.1) is 6.92 Å². The van der Waals surface area contributed by atoms with Crippen LogP contribution in [-0.2, 0) is 13.6 Å². The molecule has 0 aromatic heterocycles. The zero-order valence-corrected chi connectivity index (χ0v) is 29.7. The van der Waals surface area contributed by atoms with Crippen molar-refractivity contribution in [2.45, 2.75) is 32.9 Å². The molecule has 0 bridgehead atoms. The maximum atomic E-state index is 11.1. The van der Waals surface area contributed by atoms with Gasteiger partial charge in [0.2, 0.25) is 0 Å². The quantitative estimate of drug-likeness (QED) is 0.0481. The minimum atomic E-state index is -1.39. The van der Waals surface area contributed by atoms with E-state index in [9.17, 15) is 4.79 Å². The molecule has 1 fully saturated rings. The van der Waals surface area contributed by atoms with Crippen molar-refractivity contribution in [1.29, 1.82) is 0 Å². The van der Waals surface area contributed by atoms with Crippen LogP contribution in [0.3, 0.4) is 0 Å². The third-order valence-corrected chi connectivity index (χ3v) is 32.4. The van der Waals surface area contributed by atoms with E-state index in [4.69, 9.17) is 8.85 Å². The van der Waals surface area contributed by atoms with Crippen LogP contribution >= 0.6 is 0 Å². The maximum Gasteiger partial charge on any atom is 0.333 e. The van der Waals surface area contributed by atoms with Crippen LogP contribution in [0.15, 0.2) is 103 Å². The van der Waals surface area contributed by atoms with Crippen LogP contribution in [-0.4, -0.2) is 55.4 Å². The van der Waals surface area contributed by atoms with E-state index in [1.807, 2.05) is 0 Å². The molecule has 210 valence electrons. The first-order valence-corrected chi connectivity index (χ1v) is 25.0. The van der Waals surface area contributed by atoms with Crippen molar-refractivity contribution in [2.24, 2.45) is 0 Å². The molecule has 1 unspecified atom stereocenters. The van der Waals surface area contributed by atoms with Crippen molar-refractivity contribution in [3.63, 3.8) is 0 Å². The van der Waals surface area contributed by atoms with Crippen LogP contribution in [0.5, 0.6) is 0 Å². The lowest BCUT2D eigenvalue weighted by Gasteiger charge is -2.30. The van der Waals surface area contributed by atoms with Crippen molar-refractivity contribution in [3.8, 4) is 0 Å². The second-order valence-electron chi connectivity index (χ2n) is 11.3. The number of fused-ring (bicyclic) bond motifs is 6. The average Bonchev–Trinajstić information content (AvgIpc) is 3.02. The third kappa shape index (κ3) is 6.54. The van der Waals surface area contributed by atoms with Gasteiger partial charge in [-0.2, -0.15) is 0 Å². The molecular weight excluding hydrogens is 609 g/mol. The molecule has 7 rings (SSSR count). The third-order valence-electron chi connectivity index (χ3n) is 8.05. The molecule has 1 aliphatic heterocycles. The van der Waals surface area contributed by atoms with Crippen LogP contribution in [0.4, 0.5) is 0 Å². The molecular formula is C35H32O3Si5. The maximum absolute atomic E-state index is 11.1. The summed E-state index contributed by atoms with van der Waals surface area (Å²) in [7, 11) is 2.59. The van der Waals surface area contributed by atoms with Gasteiger partial charge in [-0.25, -0.2) is 4.79 Å². The van der Waals surface area contributed by atoms with Crippen molar-refractivity contribution < 1.29 is 13.6 Å². The van der Waals surface area contributed by atoms with Crippen molar-refractivity contribution in [1.82, 2.24) is 0 Å². The lowest BCUT2D eigenvalue weighted by Crippen LogP contribution is -2.53. The molecule has 8 heteroatoms. The Morgan fingerprint density at radius 1 is 0.767 bits per heavy atom. The Labute approximate surface area is 263 Å². The van der Waals surface area contributed by atoms with E-state index in [1.165, 1.54) is 59.4 Å².